The molecule has 0 unspecified atom stereocenters. The van der Waals surface area contributed by atoms with Crippen molar-refractivity contribution >= 4 is 0 Å². The van der Waals surface area contributed by atoms with E-state index in [0.717, 1.165) is 12.1 Å². The van der Waals surface area contributed by atoms with Crippen molar-refractivity contribution in [1.82, 2.24) is 30.1 Å². The van der Waals surface area contributed by atoms with Crippen molar-refractivity contribution in [2.45, 2.75) is 6.18 Å². The van der Waals surface area contributed by atoms with Gasteiger partial charge in [0, 0.05) is 18.3 Å². The van der Waals surface area contributed by atoms with Crippen LogP contribution < -0.4 is 5.10 Å². The van der Waals surface area contributed by atoms with E-state index in [2.05, 4.69) is 42.5 Å². The number of benzene rings is 2. The van der Waals surface area contributed by atoms with Crippen LogP contribution in [0.25, 0.3) is 33.8 Å². The fourth-order valence-corrected chi connectivity index (χ4v) is 3.33. The van der Waals surface area contributed by atoms with Crippen LogP contribution in [0.3, 0.4) is 0 Å². The van der Waals surface area contributed by atoms with Crippen LogP contribution in [0.15, 0.2) is 97.5 Å². The average molecular weight is 695 g/mol. The predicted molar refractivity (Wildman–Crippen MR) is 140 cm³/mol. The molecule has 223 valence electrons. The minimum atomic E-state index is -4.57. The molecule has 1 radical (unpaired) electrons. The van der Waals surface area contributed by atoms with E-state index in [1.54, 1.807) is 48.8 Å². The molecule has 4 aromatic heterocycles. The fourth-order valence-electron chi connectivity index (χ4n) is 3.33. The number of aromatic nitrogens is 6. The van der Waals surface area contributed by atoms with Gasteiger partial charge in [-0.05, 0) is 42.5 Å². The van der Waals surface area contributed by atoms with Crippen LogP contribution in [-0.2, 0) is 25.7 Å². The van der Waals surface area contributed by atoms with Gasteiger partial charge in [0.1, 0.15) is 17.5 Å². The molecular formula is C30H16F7N6Ru. The zero-order valence-electron chi connectivity index (χ0n) is 21.9. The van der Waals surface area contributed by atoms with Gasteiger partial charge in [0.25, 0.3) is 0 Å². The Morgan fingerprint density at radius 3 is 1.57 bits per heavy atom. The van der Waals surface area contributed by atoms with Crippen LogP contribution in [0.2, 0.25) is 0 Å². The maximum atomic E-state index is 13.2. The minimum absolute atomic E-state index is 0. The van der Waals surface area contributed by atoms with Gasteiger partial charge in [0.05, 0.1) is 17.3 Å². The number of alkyl halides is 3. The zero-order valence-corrected chi connectivity index (χ0v) is 23.7. The van der Waals surface area contributed by atoms with Gasteiger partial charge in [-0.25, -0.2) is 17.6 Å². The molecule has 6 aromatic rings. The molecule has 0 saturated heterocycles. The van der Waals surface area contributed by atoms with Crippen molar-refractivity contribution < 1.29 is 50.2 Å². The largest absolute Gasteiger partial charge is 3.00 e. The number of pyridine rings is 3. The molecular weight excluding hydrogens is 678 g/mol. The Kier molecular flexibility index (Phi) is 11.9. The van der Waals surface area contributed by atoms with E-state index in [0.29, 0.717) is 22.3 Å². The van der Waals surface area contributed by atoms with Crippen molar-refractivity contribution in [3.8, 4) is 33.8 Å². The fraction of sp³-hybridized carbons (Fsp3) is 0.0333. The molecule has 2 aromatic carbocycles. The summed E-state index contributed by atoms with van der Waals surface area (Å²) in [7, 11) is 0. The Morgan fingerprint density at radius 2 is 1.18 bits per heavy atom. The van der Waals surface area contributed by atoms with E-state index >= 15 is 0 Å². The number of hydrogen-bond acceptors (Lipinski definition) is 5. The second-order valence-corrected chi connectivity index (χ2v) is 8.25. The molecule has 0 atom stereocenters. The van der Waals surface area contributed by atoms with Gasteiger partial charge in [-0.2, -0.15) is 13.2 Å². The second-order valence-electron chi connectivity index (χ2n) is 8.25. The average Bonchev–Trinajstić information content (AvgIpc) is 3.51. The summed E-state index contributed by atoms with van der Waals surface area (Å²) in [6.45, 7) is 0. The van der Waals surface area contributed by atoms with Crippen molar-refractivity contribution in [1.29, 1.82) is 0 Å². The molecule has 14 heteroatoms. The SMILES string of the molecule is FC(F)(F)c1n[n-]c(-c2ccccn2)n1.Fc1ccc(-c2[c-]nccc2)c(F)c1.Fc1ccc(-c2[c-]nccc2)c(F)c1.[Ru+3]. The van der Waals surface area contributed by atoms with Gasteiger partial charge < -0.3 is 20.1 Å². The van der Waals surface area contributed by atoms with Crippen LogP contribution in [0, 0.1) is 35.7 Å². The van der Waals surface area contributed by atoms with Gasteiger partial charge in [0.15, 0.2) is 0 Å². The summed E-state index contributed by atoms with van der Waals surface area (Å²) in [5.74, 6) is -3.75. The molecule has 6 nitrogen and oxygen atoms in total. The second kappa shape index (κ2) is 15.6. The van der Waals surface area contributed by atoms with Gasteiger partial charge in [-0.3, -0.25) is 10.1 Å². The van der Waals surface area contributed by atoms with Crippen LogP contribution in [0.4, 0.5) is 30.7 Å². The van der Waals surface area contributed by atoms with Crippen LogP contribution in [0.5, 0.6) is 0 Å². The number of hydrogen-bond donors (Lipinski definition) is 0. The van der Waals surface area contributed by atoms with Gasteiger partial charge >= 0.3 is 25.7 Å². The number of rotatable bonds is 3. The minimum Gasteiger partial charge on any atom is -0.413 e. The molecule has 6 rings (SSSR count). The van der Waals surface area contributed by atoms with E-state index in [4.69, 9.17) is 0 Å². The molecule has 0 spiro atoms. The van der Waals surface area contributed by atoms with E-state index in [9.17, 15) is 30.7 Å². The summed E-state index contributed by atoms with van der Waals surface area (Å²) in [4.78, 5) is 14.5. The Bertz CT molecular complexity index is 1670. The third kappa shape index (κ3) is 9.33. The van der Waals surface area contributed by atoms with Crippen LogP contribution in [-0.4, -0.2) is 25.0 Å². The Balaban J connectivity index is 0.000000178. The molecule has 0 amide bonds. The van der Waals surface area contributed by atoms with Crippen LogP contribution >= 0.6 is 0 Å². The summed E-state index contributed by atoms with van der Waals surface area (Å²) in [6, 6.07) is 18.3. The molecule has 4 heterocycles. The molecule has 0 aliphatic carbocycles. The standard InChI is InChI=1S/2C11H6F2N.C8H4F3N4.Ru/c2*12-9-3-4-10(11(13)6-9)8-2-1-5-14-7-8;9-8(10,11)7-13-6(14-15-7)5-3-1-2-4-12-5;/h2*1-6H;1-4H;/q3*-1;+3. The Morgan fingerprint density at radius 1 is 0.636 bits per heavy atom. The maximum Gasteiger partial charge on any atom is 3.00 e. The van der Waals surface area contributed by atoms with Gasteiger partial charge in [0.2, 0.25) is 0 Å². The van der Waals surface area contributed by atoms with Crippen molar-refractivity contribution in [2.24, 2.45) is 0 Å². The number of nitrogens with zero attached hydrogens (tertiary/aromatic N) is 6. The molecule has 0 aliphatic heterocycles. The van der Waals surface area contributed by atoms with E-state index in [-0.39, 0.29) is 31.0 Å². The Hall–Kier alpha value is -4.84. The van der Waals surface area contributed by atoms with Crippen molar-refractivity contribution in [2.75, 3.05) is 0 Å². The molecule has 0 bridgehead atoms. The summed E-state index contributed by atoms with van der Waals surface area (Å²) in [5.41, 5.74) is 1.91. The smallest absolute Gasteiger partial charge is 0.413 e. The number of halogens is 7. The third-order valence-corrected chi connectivity index (χ3v) is 5.26. The summed E-state index contributed by atoms with van der Waals surface area (Å²) in [6.07, 6.45) is 5.23. The third-order valence-electron chi connectivity index (χ3n) is 5.26. The molecule has 0 saturated carbocycles. The van der Waals surface area contributed by atoms with E-state index in [1.807, 2.05) is 0 Å². The first-order chi connectivity index (χ1) is 20.6. The summed E-state index contributed by atoms with van der Waals surface area (Å²) in [5, 5.41) is 6.25. The summed E-state index contributed by atoms with van der Waals surface area (Å²) < 4.78 is 88.1. The first-order valence-corrected chi connectivity index (χ1v) is 12.0. The first kappa shape index (κ1) is 33.7. The monoisotopic (exact) mass is 695 g/mol. The molecule has 0 fully saturated rings. The topological polar surface area (TPSA) is 78.5 Å². The predicted octanol–water partition coefficient (Wildman–Crippen LogP) is 7.17. The van der Waals surface area contributed by atoms with Gasteiger partial charge in [-0.1, -0.05) is 41.7 Å². The Labute approximate surface area is 258 Å². The van der Waals surface area contributed by atoms with Crippen molar-refractivity contribution in [3.63, 3.8) is 0 Å². The molecule has 44 heavy (non-hydrogen) atoms. The van der Waals surface area contributed by atoms with E-state index < -0.39 is 35.3 Å². The normalized spacial score (nSPS) is 10.4. The van der Waals surface area contributed by atoms with Crippen molar-refractivity contribution in [3.05, 3.63) is 139 Å². The first-order valence-electron chi connectivity index (χ1n) is 12.0. The quantitative estimate of drug-likeness (QED) is 0.111. The molecule has 0 aliphatic rings. The van der Waals surface area contributed by atoms with Gasteiger partial charge in [-0.15, -0.1) is 35.4 Å². The maximum absolute atomic E-state index is 13.2. The van der Waals surface area contributed by atoms with Crippen LogP contribution in [0.1, 0.15) is 5.82 Å². The van der Waals surface area contributed by atoms with E-state index in [1.165, 1.54) is 36.5 Å². The zero-order chi connectivity index (χ0) is 30.8. The molecule has 0 N–H and O–H groups in total. The summed E-state index contributed by atoms with van der Waals surface area (Å²) >= 11 is 0.